The van der Waals surface area contributed by atoms with Crippen molar-refractivity contribution in [1.29, 1.82) is 0 Å². The van der Waals surface area contributed by atoms with Gasteiger partial charge in [-0.3, -0.25) is 14.6 Å². The van der Waals surface area contributed by atoms with Crippen LogP contribution in [0.5, 0.6) is 0 Å². The van der Waals surface area contributed by atoms with Crippen LogP contribution in [0.3, 0.4) is 0 Å². The Balaban J connectivity index is 1.34. The molecule has 0 bridgehead atoms. The number of piperazine rings is 1. The van der Waals surface area contributed by atoms with E-state index >= 15 is 0 Å². The summed E-state index contributed by atoms with van der Waals surface area (Å²) in [6.45, 7) is 7.21. The summed E-state index contributed by atoms with van der Waals surface area (Å²) < 4.78 is 0. The van der Waals surface area contributed by atoms with E-state index in [-0.39, 0.29) is 5.91 Å². The lowest BCUT2D eigenvalue weighted by molar-refractivity contribution is -0.134. The van der Waals surface area contributed by atoms with E-state index in [1.807, 2.05) is 34.3 Å². The number of amides is 2. The molecule has 0 aliphatic carbocycles. The normalized spacial score (nSPS) is 18.4. The van der Waals surface area contributed by atoms with Gasteiger partial charge in [0.1, 0.15) is 0 Å². The minimum atomic E-state index is 0.288. The number of nitrogens with zero attached hydrogens (tertiary/aromatic N) is 4. The second kappa shape index (κ2) is 10.4. The van der Waals surface area contributed by atoms with Crippen molar-refractivity contribution in [3.63, 3.8) is 0 Å². The summed E-state index contributed by atoms with van der Waals surface area (Å²) in [4.78, 5) is 35.1. The molecule has 6 heteroatoms. The third-order valence-corrected chi connectivity index (χ3v) is 6.14. The summed E-state index contributed by atoms with van der Waals surface area (Å²) >= 11 is 0. The average molecular weight is 387 g/mol. The molecule has 154 valence electrons. The summed E-state index contributed by atoms with van der Waals surface area (Å²) in [5.74, 6) is 1.18. The summed E-state index contributed by atoms with van der Waals surface area (Å²) in [7, 11) is 0. The first-order valence-corrected chi connectivity index (χ1v) is 10.9. The third-order valence-electron chi connectivity index (χ3n) is 6.14. The quantitative estimate of drug-likeness (QED) is 0.723. The highest BCUT2D eigenvalue weighted by Crippen LogP contribution is 2.23. The van der Waals surface area contributed by atoms with Gasteiger partial charge in [0.2, 0.25) is 11.8 Å². The highest BCUT2D eigenvalue weighted by atomic mass is 16.2. The number of carbonyl (C=O) groups is 2. The molecule has 1 aromatic heterocycles. The van der Waals surface area contributed by atoms with Gasteiger partial charge in [0.25, 0.3) is 0 Å². The van der Waals surface area contributed by atoms with Crippen molar-refractivity contribution in [3.8, 4) is 0 Å². The van der Waals surface area contributed by atoms with Crippen molar-refractivity contribution in [2.24, 2.45) is 5.92 Å². The summed E-state index contributed by atoms with van der Waals surface area (Å²) in [5, 5.41) is 0. The summed E-state index contributed by atoms with van der Waals surface area (Å²) in [6, 6.07) is 4.05. The van der Waals surface area contributed by atoms with Gasteiger partial charge in [-0.15, -0.1) is 0 Å². The molecule has 3 heterocycles. The Morgan fingerprint density at radius 3 is 2.18 bits per heavy atom. The summed E-state index contributed by atoms with van der Waals surface area (Å²) in [5.41, 5.74) is 1.18. The van der Waals surface area contributed by atoms with Crippen LogP contribution in [-0.4, -0.2) is 65.9 Å². The molecule has 0 aromatic carbocycles. The fraction of sp³-hybridized carbons (Fsp3) is 0.682. The van der Waals surface area contributed by atoms with Crippen LogP contribution in [0.2, 0.25) is 0 Å². The first-order chi connectivity index (χ1) is 13.7. The van der Waals surface area contributed by atoms with E-state index in [2.05, 4.69) is 16.8 Å². The zero-order chi connectivity index (χ0) is 19.8. The SMILES string of the molecule is CCCCC(=O)N1CCC(CCC(=O)N2CCN(c3ccncc3)CC2)CC1. The molecule has 0 radical (unpaired) electrons. The monoisotopic (exact) mass is 386 g/mol. The number of rotatable bonds is 7. The molecule has 28 heavy (non-hydrogen) atoms. The Morgan fingerprint density at radius 2 is 1.54 bits per heavy atom. The van der Waals surface area contributed by atoms with Crippen molar-refractivity contribution < 1.29 is 9.59 Å². The van der Waals surface area contributed by atoms with E-state index in [0.717, 1.165) is 71.4 Å². The van der Waals surface area contributed by atoms with Crippen LogP contribution in [-0.2, 0) is 9.59 Å². The third kappa shape index (κ3) is 5.69. The average Bonchev–Trinajstić information content (AvgIpc) is 2.77. The highest BCUT2D eigenvalue weighted by Gasteiger charge is 2.25. The number of likely N-dealkylation sites (tertiary alicyclic amines) is 1. The van der Waals surface area contributed by atoms with Crippen LogP contribution < -0.4 is 4.90 Å². The Bertz CT molecular complexity index is 621. The smallest absolute Gasteiger partial charge is 0.222 e. The van der Waals surface area contributed by atoms with Gasteiger partial charge in [-0.2, -0.15) is 0 Å². The van der Waals surface area contributed by atoms with E-state index in [9.17, 15) is 9.59 Å². The Labute approximate surface area is 168 Å². The predicted octanol–water partition coefficient (Wildman–Crippen LogP) is 2.94. The second-order valence-corrected chi connectivity index (χ2v) is 8.04. The molecule has 0 spiro atoms. The molecule has 0 atom stereocenters. The van der Waals surface area contributed by atoms with E-state index in [4.69, 9.17) is 0 Å². The molecular formula is C22H34N4O2. The first-order valence-electron chi connectivity index (χ1n) is 10.9. The fourth-order valence-corrected chi connectivity index (χ4v) is 4.21. The molecule has 3 rings (SSSR count). The second-order valence-electron chi connectivity index (χ2n) is 8.04. The van der Waals surface area contributed by atoms with Gasteiger partial charge in [-0.25, -0.2) is 0 Å². The van der Waals surface area contributed by atoms with E-state index in [1.165, 1.54) is 5.69 Å². The van der Waals surface area contributed by atoms with Crippen LogP contribution in [0.1, 0.15) is 51.9 Å². The maximum absolute atomic E-state index is 12.6. The van der Waals surface area contributed by atoms with Crippen LogP contribution in [0.15, 0.2) is 24.5 Å². The maximum Gasteiger partial charge on any atom is 0.222 e. The molecule has 2 saturated heterocycles. The molecule has 2 amide bonds. The standard InChI is InChI=1S/C22H34N4O2/c1-2-3-4-21(27)25-13-9-19(10-14-25)5-6-22(28)26-17-15-24(16-18-26)20-7-11-23-12-8-20/h7-8,11-12,19H,2-6,9-10,13-18H2,1H3. The van der Waals surface area contributed by atoms with Gasteiger partial charge in [-0.05, 0) is 43.7 Å². The van der Waals surface area contributed by atoms with Crippen LogP contribution in [0, 0.1) is 5.92 Å². The van der Waals surface area contributed by atoms with E-state index in [1.54, 1.807) is 0 Å². The lowest BCUT2D eigenvalue weighted by atomic mass is 9.91. The van der Waals surface area contributed by atoms with Gasteiger partial charge in [0.15, 0.2) is 0 Å². The zero-order valence-corrected chi connectivity index (χ0v) is 17.2. The lowest BCUT2D eigenvalue weighted by Gasteiger charge is -2.36. The molecule has 1 aromatic rings. The Kier molecular flexibility index (Phi) is 7.69. The molecule has 6 nitrogen and oxygen atoms in total. The number of anilines is 1. The number of carbonyl (C=O) groups excluding carboxylic acids is 2. The maximum atomic E-state index is 12.6. The number of unbranched alkanes of at least 4 members (excludes halogenated alkanes) is 1. The van der Waals surface area contributed by atoms with Crippen LogP contribution in [0.4, 0.5) is 5.69 Å². The minimum Gasteiger partial charge on any atom is -0.368 e. The minimum absolute atomic E-state index is 0.288. The topological polar surface area (TPSA) is 56.8 Å². The molecule has 0 N–H and O–H groups in total. The Morgan fingerprint density at radius 1 is 0.929 bits per heavy atom. The van der Waals surface area contributed by atoms with Crippen LogP contribution in [0.25, 0.3) is 0 Å². The van der Waals surface area contributed by atoms with Gasteiger partial charge in [0, 0.05) is 70.2 Å². The largest absolute Gasteiger partial charge is 0.368 e. The zero-order valence-electron chi connectivity index (χ0n) is 17.2. The number of hydrogen-bond donors (Lipinski definition) is 0. The Hall–Kier alpha value is -2.11. The van der Waals surface area contributed by atoms with Gasteiger partial charge in [0.05, 0.1) is 0 Å². The van der Waals surface area contributed by atoms with Crippen molar-refractivity contribution in [2.45, 2.75) is 51.9 Å². The van der Waals surface area contributed by atoms with Crippen molar-refractivity contribution >= 4 is 17.5 Å². The number of hydrogen-bond acceptors (Lipinski definition) is 4. The molecule has 2 fully saturated rings. The highest BCUT2D eigenvalue weighted by molar-refractivity contribution is 5.77. The predicted molar refractivity (Wildman–Crippen MR) is 111 cm³/mol. The summed E-state index contributed by atoms with van der Waals surface area (Å²) in [6.07, 6.45) is 10.1. The van der Waals surface area contributed by atoms with E-state index in [0.29, 0.717) is 24.7 Å². The van der Waals surface area contributed by atoms with E-state index < -0.39 is 0 Å². The van der Waals surface area contributed by atoms with Gasteiger partial charge in [-0.1, -0.05) is 13.3 Å². The molecule has 2 aliphatic rings. The van der Waals surface area contributed by atoms with Crippen molar-refractivity contribution in [3.05, 3.63) is 24.5 Å². The van der Waals surface area contributed by atoms with Crippen molar-refractivity contribution in [2.75, 3.05) is 44.2 Å². The number of piperidine rings is 1. The lowest BCUT2D eigenvalue weighted by Crippen LogP contribution is -2.48. The number of pyridine rings is 1. The van der Waals surface area contributed by atoms with Crippen LogP contribution >= 0.6 is 0 Å². The molecule has 2 aliphatic heterocycles. The first kappa shape index (κ1) is 20.6. The van der Waals surface area contributed by atoms with Gasteiger partial charge >= 0.3 is 0 Å². The molecule has 0 saturated carbocycles. The van der Waals surface area contributed by atoms with Crippen molar-refractivity contribution in [1.82, 2.24) is 14.8 Å². The number of aromatic nitrogens is 1. The molecular weight excluding hydrogens is 352 g/mol. The molecule has 0 unspecified atom stereocenters. The fourth-order valence-electron chi connectivity index (χ4n) is 4.21. The van der Waals surface area contributed by atoms with Gasteiger partial charge < -0.3 is 14.7 Å².